The average Bonchev–Trinajstić information content (AvgIpc) is 3.14. The Balaban J connectivity index is 0.00000180. The number of para-hydroxylation sites is 1. The SMILES string of the molecule is Cc1nc2ccc(C(=O)NS(=O)(=O)c3cccc4cccnc34)cc2n1Cc1ccccc1Cl.[H-].[Na+]. The van der Waals surface area contributed by atoms with Crippen LogP contribution in [0.2, 0.25) is 5.02 Å². The fourth-order valence-corrected chi connectivity index (χ4v) is 5.26. The first kappa shape index (κ1) is 25.3. The fourth-order valence-electron chi connectivity index (χ4n) is 3.91. The van der Waals surface area contributed by atoms with E-state index in [0.717, 1.165) is 11.4 Å². The Hall–Kier alpha value is -2.75. The number of nitrogens with one attached hydrogen (secondary N) is 1. The molecule has 2 heterocycles. The molecule has 0 aliphatic rings. The summed E-state index contributed by atoms with van der Waals surface area (Å²) in [4.78, 5) is 21.7. The molecule has 0 aliphatic carbocycles. The number of halogens is 1. The Kier molecular flexibility index (Phi) is 7.30. The molecule has 5 rings (SSSR count). The van der Waals surface area contributed by atoms with Crippen molar-refractivity contribution in [3.05, 3.63) is 101 Å². The molecule has 0 saturated heterocycles. The molecule has 1 N–H and O–H groups in total. The summed E-state index contributed by atoms with van der Waals surface area (Å²) < 4.78 is 30.2. The summed E-state index contributed by atoms with van der Waals surface area (Å²) in [6, 6.07) is 20.7. The van der Waals surface area contributed by atoms with Gasteiger partial charge in [-0.2, -0.15) is 0 Å². The number of aryl methyl sites for hydroxylation is 1. The molecule has 0 spiro atoms. The number of carbonyl (C=O) groups is 1. The molecule has 10 heteroatoms. The van der Waals surface area contributed by atoms with Crippen molar-refractivity contribution in [1.82, 2.24) is 19.3 Å². The number of amides is 1. The van der Waals surface area contributed by atoms with Gasteiger partial charge in [-0.25, -0.2) is 18.1 Å². The second-order valence-corrected chi connectivity index (χ2v) is 9.86. The summed E-state index contributed by atoms with van der Waals surface area (Å²) in [5.41, 5.74) is 2.81. The van der Waals surface area contributed by atoms with Crippen LogP contribution in [-0.4, -0.2) is 28.9 Å². The molecule has 172 valence electrons. The van der Waals surface area contributed by atoms with E-state index < -0.39 is 15.9 Å². The van der Waals surface area contributed by atoms with Crippen LogP contribution in [-0.2, 0) is 16.6 Å². The van der Waals surface area contributed by atoms with E-state index in [-0.39, 0.29) is 41.4 Å². The van der Waals surface area contributed by atoms with E-state index in [4.69, 9.17) is 11.6 Å². The molecule has 5 aromatic rings. The number of nitrogens with zero attached hydrogens (tertiary/aromatic N) is 3. The molecule has 3 aromatic carbocycles. The van der Waals surface area contributed by atoms with Gasteiger partial charge in [0, 0.05) is 22.2 Å². The number of fused-ring (bicyclic) bond motifs is 2. The quantitative estimate of drug-likeness (QED) is 0.361. The summed E-state index contributed by atoms with van der Waals surface area (Å²) in [7, 11) is -4.15. The predicted octanol–water partition coefficient (Wildman–Crippen LogP) is 1.83. The van der Waals surface area contributed by atoms with Crippen molar-refractivity contribution in [3.8, 4) is 0 Å². The Morgan fingerprint density at radius 3 is 2.63 bits per heavy atom. The molecule has 0 atom stereocenters. The molecule has 0 unspecified atom stereocenters. The van der Waals surface area contributed by atoms with Crippen molar-refractivity contribution in [3.63, 3.8) is 0 Å². The summed E-state index contributed by atoms with van der Waals surface area (Å²) in [5, 5.41) is 1.30. The van der Waals surface area contributed by atoms with Crippen LogP contribution in [0, 0.1) is 6.92 Å². The summed E-state index contributed by atoms with van der Waals surface area (Å²) in [6.07, 6.45) is 1.51. The van der Waals surface area contributed by atoms with Crippen molar-refractivity contribution in [2.45, 2.75) is 18.4 Å². The van der Waals surface area contributed by atoms with Gasteiger partial charge in [-0.05, 0) is 48.9 Å². The molecule has 0 bridgehead atoms. The third-order valence-corrected chi connectivity index (χ3v) is 7.33. The first-order valence-electron chi connectivity index (χ1n) is 10.4. The predicted molar refractivity (Wildman–Crippen MR) is 133 cm³/mol. The van der Waals surface area contributed by atoms with E-state index in [2.05, 4.69) is 14.7 Å². The monoisotopic (exact) mass is 514 g/mol. The van der Waals surface area contributed by atoms with Crippen LogP contribution in [0.25, 0.3) is 21.9 Å². The van der Waals surface area contributed by atoms with E-state index in [1.54, 1.807) is 42.5 Å². The van der Waals surface area contributed by atoms with Gasteiger partial charge in [0.2, 0.25) is 0 Å². The van der Waals surface area contributed by atoms with Gasteiger partial charge in [-0.15, -0.1) is 0 Å². The number of benzene rings is 3. The van der Waals surface area contributed by atoms with Crippen LogP contribution >= 0.6 is 11.6 Å². The van der Waals surface area contributed by atoms with Gasteiger partial charge >= 0.3 is 29.6 Å². The number of hydrogen-bond acceptors (Lipinski definition) is 5. The van der Waals surface area contributed by atoms with Gasteiger partial charge in [-0.1, -0.05) is 48.0 Å². The zero-order chi connectivity index (χ0) is 23.9. The molecule has 1 amide bonds. The third kappa shape index (κ3) is 4.98. The van der Waals surface area contributed by atoms with E-state index in [1.807, 2.05) is 35.8 Å². The standard InChI is InChI=1S/C25H19ClN4O3S.Na.H/c1-16-28-21-12-11-18(14-22(21)30(16)15-19-6-2-3-9-20(19)26)25(31)29-34(32,33)23-10-4-7-17-8-5-13-27-24(17)23;;/h2-14H,15H2,1H3,(H,29,31);;/q;+1;-1. The van der Waals surface area contributed by atoms with Crippen molar-refractivity contribution in [1.29, 1.82) is 0 Å². The summed E-state index contributed by atoms with van der Waals surface area (Å²) in [6.45, 7) is 2.33. The normalized spacial score (nSPS) is 11.4. The molecule has 0 fully saturated rings. The number of imidazole rings is 1. The van der Waals surface area contributed by atoms with E-state index >= 15 is 0 Å². The zero-order valence-corrected chi connectivity index (χ0v) is 22.6. The Labute approximate surface area is 231 Å². The maximum Gasteiger partial charge on any atom is 1.00 e. The van der Waals surface area contributed by atoms with Crippen LogP contribution in [0.1, 0.15) is 23.2 Å². The second-order valence-electron chi connectivity index (χ2n) is 7.81. The average molecular weight is 515 g/mol. The largest absolute Gasteiger partial charge is 1.00 e. The maximum absolute atomic E-state index is 13.0. The number of aromatic nitrogens is 3. The van der Waals surface area contributed by atoms with Gasteiger partial charge in [0.15, 0.2) is 0 Å². The van der Waals surface area contributed by atoms with Crippen LogP contribution in [0.15, 0.2) is 83.9 Å². The van der Waals surface area contributed by atoms with Gasteiger partial charge in [0.1, 0.15) is 10.7 Å². The fraction of sp³-hybridized carbons (Fsp3) is 0.0800. The van der Waals surface area contributed by atoms with Crippen LogP contribution < -0.4 is 34.3 Å². The van der Waals surface area contributed by atoms with Crippen molar-refractivity contribution in [2.75, 3.05) is 0 Å². The molecule has 0 saturated carbocycles. The molecule has 0 radical (unpaired) electrons. The minimum Gasteiger partial charge on any atom is -1.00 e. The van der Waals surface area contributed by atoms with E-state index in [9.17, 15) is 13.2 Å². The Bertz CT molecular complexity index is 1690. The van der Waals surface area contributed by atoms with Gasteiger partial charge < -0.3 is 5.99 Å². The molecular formula is C25H20ClN4NaO3S. The molecule has 0 aliphatic heterocycles. The topological polar surface area (TPSA) is 93.9 Å². The molecule has 35 heavy (non-hydrogen) atoms. The zero-order valence-electron chi connectivity index (χ0n) is 20.1. The Morgan fingerprint density at radius 2 is 1.83 bits per heavy atom. The van der Waals surface area contributed by atoms with E-state index in [1.165, 1.54) is 12.3 Å². The number of sulfonamides is 1. The van der Waals surface area contributed by atoms with Gasteiger partial charge in [-0.3, -0.25) is 9.78 Å². The minimum atomic E-state index is -4.15. The minimum absolute atomic E-state index is 0. The first-order chi connectivity index (χ1) is 16.3. The number of pyridine rings is 1. The van der Waals surface area contributed by atoms with Crippen LogP contribution in [0.3, 0.4) is 0 Å². The summed E-state index contributed by atoms with van der Waals surface area (Å²) in [5.74, 6) is 0.0138. The van der Waals surface area contributed by atoms with Gasteiger partial charge in [0.05, 0.1) is 23.1 Å². The van der Waals surface area contributed by atoms with Crippen LogP contribution in [0.5, 0.6) is 0 Å². The van der Waals surface area contributed by atoms with Crippen molar-refractivity contribution in [2.24, 2.45) is 0 Å². The van der Waals surface area contributed by atoms with Gasteiger partial charge in [0.25, 0.3) is 15.9 Å². The Morgan fingerprint density at radius 1 is 1.06 bits per heavy atom. The molecule has 2 aromatic heterocycles. The molecular weight excluding hydrogens is 495 g/mol. The second kappa shape index (κ2) is 10.1. The van der Waals surface area contributed by atoms with Crippen LogP contribution in [0.4, 0.5) is 0 Å². The number of rotatable bonds is 5. The maximum atomic E-state index is 13.0. The first-order valence-corrected chi connectivity index (χ1v) is 12.3. The van der Waals surface area contributed by atoms with Crippen molar-refractivity contribution >= 4 is 49.5 Å². The molecule has 7 nitrogen and oxygen atoms in total. The van der Waals surface area contributed by atoms with Crippen molar-refractivity contribution < 1.29 is 44.2 Å². The van der Waals surface area contributed by atoms with E-state index in [0.29, 0.717) is 33.5 Å². The number of hydrogen-bond donors (Lipinski definition) is 1. The summed E-state index contributed by atoms with van der Waals surface area (Å²) >= 11 is 6.33. The number of carbonyl (C=O) groups excluding carboxylic acids is 1. The smallest absolute Gasteiger partial charge is 1.00 e. The third-order valence-electron chi connectivity index (χ3n) is 5.60.